The summed E-state index contributed by atoms with van der Waals surface area (Å²) in [4.78, 5) is 32.6. The second kappa shape index (κ2) is 12.3. The maximum atomic E-state index is 13.9. The maximum absolute atomic E-state index is 13.9. The van der Waals surface area contributed by atoms with Crippen molar-refractivity contribution in [2.75, 3.05) is 13.7 Å². The number of allylic oxidation sites excluding steroid dienone is 1. The van der Waals surface area contributed by atoms with Crippen molar-refractivity contribution in [3.63, 3.8) is 0 Å². The van der Waals surface area contributed by atoms with Crippen LogP contribution in [0.1, 0.15) is 43.0 Å². The lowest BCUT2D eigenvalue weighted by Gasteiger charge is -2.25. The van der Waals surface area contributed by atoms with E-state index >= 15 is 0 Å². The molecule has 41 heavy (non-hydrogen) atoms. The highest BCUT2D eigenvalue weighted by Gasteiger charge is 2.33. The Bertz CT molecular complexity index is 1770. The van der Waals surface area contributed by atoms with E-state index in [1.807, 2.05) is 61.5 Å². The standard InChI is InChI=1S/C32H30N2O6S/c1-4-16-39-24-13-11-23(12-14-24)29-28(31(37)40-19-21-8-6-5-7-9-21)20(2)33-32-34(29)30(36)27(41-32)18-22-10-15-25(35)26(17-22)38-3/h5-15,17-18,29,35H,4,16,19H2,1-3H3. The Morgan fingerprint density at radius 2 is 1.85 bits per heavy atom. The summed E-state index contributed by atoms with van der Waals surface area (Å²) in [6.45, 7) is 4.48. The SMILES string of the molecule is CCCOc1ccc(C2C(C(=O)OCc3ccccc3)=C(C)N=c3sc(=Cc4ccc(O)c(OC)c4)c(=O)n32)cc1. The Morgan fingerprint density at radius 1 is 1.10 bits per heavy atom. The normalized spacial score (nSPS) is 14.8. The van der Waals surface area contributed by atoms with Crippen LogP contribution < -0.4 is 24.4 Å². The molecule has 3 aromatic carbocycles. The molecular weight excluding hydrogens is 540 g/mol. The third kappa shape index (κ3) is 5.95. The molecule has 0 radical (unpaired) electrons. The number of carbonyl (C=O) groups excluding carboxylic acids is 1. The summed E-state index contributed by atoms with van der Waals surface area (Å²) in [6.07, 6.45) is 2.60. The minimum Gasteiger partial charge on any atom is -0.504 e. The highest BCUT2D eigenvalue weighted by molar-refractivity contribution is 7.07. The van der Waals surface area contributed by atoms with E-state index in [0.29, 0.717) is 44.3 Å². The number of aromatic nitrogens is 1. The first-order chi connectivity index (χ1) is 19.9. The van der Waals surface area contributed by atoms with Crippen LogP contribution in [0.15, 0.2) is 93.9 Å². The molecule has 1 unspecified atom stereocenters. The molecule has 2 heterocycles. The highest BCUT2D eigenvalue weighted by atomic mass is 32.1. The summed E-state index contributed by atoms with van der Waals surface area (Å²) in [7, 11) is 1.46. The molecule has 1 aromatic heterocycles. The van der Waals surface area contributed by atoms with Gasteiger partial charge in [0.15, 0.2) is 16.3 Å². The fourth-order valence-corrected chi connectivity index (χ4v) is 5.65. The predicted octanol–water partition coefficient (Wildman–Crippen LogP) is 4.48. The third-order valence-electron chi connectivity index (χ3n) is 6.62. The topological polar surface area (TPSA) is 99.4 Å². The number of aromatic hydroxyl groups is 1. The van der Waals surface area contributed by atoms with Gasteiger partial charge in [0, 0.05) is 0 Å². The van der Waals surface area contributed by atoms with Crippen LogP contribution in [0, 0.1) is 0 Å². The molecule has 0 spiro atoms. The van der Waals surface area contributed by atoms with Gasteiger partial charge in [0.25, 0.3) is 5.56 Å². The summed E-state index contributed by atoms with van der Waals surface area (Å²) in [5.41, 5.74) is 2.76. The van der Waals surface area contributed by atoms with Gasteiger partial charge in [-0.3, -0.25) is 9.36 Å². The Hall–Kier alpha value is -4.63. The number of ether oxygens (including phenoxy) is 3. The summed E-state index contributed by atoms with van der Waals surface area (Å²) in [6, 6.07) is 20.9. The van der Waals surface area contributed by atoms with Gasteiger partial charge in [-0.15, -0.1) is 0 Å². The molecule has 0 bridgehead atoms. The molecule has 1 aliphatic rings. The van der Waals surface area contributed by atoms with Gasteiger partial charge in [0.05, 0.1) is 35.6 Å². The number of esters is 1. The molecule has 210 valence electrons. The summed E-state index contributed by atoms with van der Waals surface area (Å²) in [5, 5.41) is 9.97. The number of hydrogen-bond acceptors (Lipinski definition) is 8. The summed E-state index contributed by atoms with van der Waals surface area (Å²) in [5.74, 6) is 0.475. The number of nitrogens with zero attached hydrogens (tertiary/aromatic N) is 2. The van der Waals surface area contributed by atoms with Crippen molar-refractivity contribution in [1.82, 2.24) is 4.57 Å². The molecule has 1 atom stereocenters. The van der Waals surface area contributed by atoms with Crippen LogP contribution in [-0.4, -0.2) is 29.4 Å². The molecule has 0 fully saturated rings. The number of benzene rings is 3. The molecule has 0 saturated carbocycles. The summed E-state index contributed by atoms with van der Waals surface area (Å²) >= 11 is 1.23. The molecule has 0 amide bonds. The second-order valence-corrected chi connectivity index (χ2v) is 10.5. The van der Waals surface area contributed by atoms with Crippen molar-refractivity contribution >= 4 is 23.4 Å². The first-order valence-electron chi connectivity index (χ1n) is 13.2. The third-order valence-corrected chi connectivity index (χ3v) is 7.61. The Kier molecular flexibility index (Phi) is 8.35. The van der Waals surface area contributed by atoms with Crippen LogP contribution in [-0.2, 0) is 16.1 Å². The van der Waals surface area contributed by atoms with Gasteiger partial charge in [-0.2, -0.15) is 0 Å². The zero-order valence-electron chi connectivity index (χ0n) is 23.0. The van der Waals surface area contributed by atoms with Crippen LogP contribution in [0.2, 0.25) is 0 Å². The second-order valence-electron chi connectivity index (χ2n) is 9.49. The van der Waals surface area contributed by atoms with Gasteiger partial charge >= 0.3 is 5.97 Å². The fraction of sp³-hybridized carbons (Fsp3) is 0.219. The monoisotopic (exact) mass is 570 g/mol. The minimum atomic E-state index is -0.744. The van der Waals surface area contributed by atoms with Crippen LogP contribution in [0.5, 0.6) is 17.2 Å². The number of rotatable bonds is 9. The van der Waals surface area contributed by atoms with Crippen molar-refractivity contribution in [1.29, 1.82) is 0 Å². The van der Waals surface area contributed by atoms with E-state index in [2.05, 4.69) is 4.99 Å². The predicted molar refractivity (Wildman–Crippen MR) is 157 cm³/mol. The van der Waals surface area contributed by atoms with Crippen molar-refractivity contribution in [2.24, 2.45) is 4.99 Å². The quantitative estimate of drug-likeness (QED) is 0.298. The molecule has 5 rings (SSSR count). The van der Waals surface area contributed by atoms with E-state index in [9.17, 15) is 14.7 Å². The van der Waals surface area contributed by atoms with Gasteiger partial charge in [-0.1, -0.05) is 66.8 Å². The van der Waals surface area contributed by atoms with E-state index in [1.165, 1.54) is 24.5 Å². The Labute approximate surface area is 241 Å². The molecular formula is C32H30N2O6S. The molecule has 1 aliphatic heterocycles. The molecule has 8 nitrogen and oxygen atoms in total. The van der Waals surface area contributed by atoms with Gasteiger partial charge < -0.3 is 19.3 Å². The number of thiazole rings is 1. The van der Waals surface area contributed by atoms with E-state index in [-0.39, 0.29) is 17.9 Å². The number of fused-ring (bicyclic) bond motifs is 1. The fourth-order valence-electron chi connectivity index (χ4n) is 4.60. The molecule has 4 aromatic rings. The maximum Gasteiger partial charge on any atom is 0.338 e. The highest BCUT2D eigenvalue weighted by Crippen LogP contribution is 2.32. The van der Waals surface area contributed by atoms with Crippen LogP contribution in [0.3, 0.4) is 0 Å². The van der Waals surface area contributed by atoms with E-state index in [0.717, 1.165) is 17.5 Å². The molecule has 0 saturated heterocycles. The zero-order valence-corrected chi connectivity index (χ0v) is 23.8. The average Bonchev–Trinajstić information content (AvgIpc) is 3.29. The van der Waals surface area contributed by atoms with E-state index in [4.69, 9.17) is 14.2 Å². The Morgan fingerprint density at radius 3 is 2.56 bits per heavy atom. The average molecular weight is 571 g/mol. The van der Waals surface area contributed by atoms with Crippen LogP contribution >= 0.6 is 11.3 Å². The minimum absolute atomic E-state index is 0.00625. The Balaban J connectivity index is 1.59. The smallest absolute Gasteiger partial charge is 0.338 e. The van der Waals surface area contributed by atoms with Crippen molar-refractivity contribution in [2.45, 2.75) is 32.9 Å². The number of carbonyl (C=O) groups is 1. The lowest BCUT2D eigenvalue weighted by atomic mass is 9.96. The van der Waals surface area contributed by atoms with Crippen molar-refractivity contribution in [3.05, 3.63) is 120 Å². The van der Waals surface area contributed by atoms with Crippen LogP contribution in [0.25, 0.3) is 6.08 Å². The summed E-state index contributed by atoms with van der Waals surface area (Å²) < 4.78 is 18.7. The van der Waals surface area contributed by atoms with Crippen molar-refractivity contribution < 1.29 is 24.1 Å². The molecule has 0 aliphatic carbocycles. The number of methoxy groups -OCH3 is 1. The number of hydrogen-bond donors (Lipinski definition) is 1. The molecule has 9 heteroatoms. The lowest BCUT2D eigenvalue weighted by Crippen LogP contribution is -2.39. The zero-order chi connectivity index (χ0) is 28.9. The van der Waals surface area contributed by atoms with Crippen LogP contribution in [0.4, 0.5) is 0 Å². The lowest BCUT2D eigenvalue weighted by molar-refractivity contribution is -0.140. The van der Waals surface area contributed by atoms with Gasteiger partial charge in [0.1, 0.15) is 12.4 Å². The van der Waals surface area contributed by atoms with Gasteiger partial charge in [0.2, 0.25) is 0 Å². The largest absolute Gasteiger partial charge is 0.504 e. The van der Waals surface area contributed by atoms with Gasteiger partial charge in [-0.05, 0) is 60.4 Å². The first-order valence-corrected chi connectivity index (χ1v) is 14.0. The van der Waals surface area contributed by atoms with Gasteiger partial charge in [-0.25, -0.2) is 9.79 Å². The first kappa shape index (κ1) is 27.9. The van der Waals surface area contributed by atoms with Crippen molar-refractivity contribution in [3.8, 4) is 17.2 Å². The molecule has 1 N–H and O–H groups in total. The number of phenolic OH excluding ortho intramolecular Hbond substituents is 1. The number of phenols is 1. The van der Waals surface area contributed by atoms with E-state index in [1.54, 1.807) is 29.7 Å². The van der Waals surface area contributed by atoms with E-state index < -0.39 is 12.0 Å².